The maximum absolute atomic E-state index is 10.3. The van der Waals surface area contributed by atoms with E-state index >= 15 is 0 Å². The van der Waals surface area contributed by atoms with E-state index in [4.69, 9.17) is 28.9 Å². The molecule has 0 unspecified atom stereocenters. The molecule has 1 aromatic rings. The minimum Gasteiger partial charge on any atom is -0.445 e. The lowest BCUT2D eigenvalue weighted by atomic mass is 10.2. The first-order chi connectivity index (χ1) is 6.11. The number of rotatable bonds is 2. The zero-order chi connectivity index (χ0) is 9.84. The zero-order valence-corrected chi connectivity index (χ0v) is 8.10. The number of primary amides is 1. The molecule has 5 heteroatoms. The van der Waals surface area contributed by atoms with Crippen LogP contribution in [0.3, 0.4) is 0 Å². The molecule has 13 heavy (non-hydrogen) atoms. The Balaban J connectivity index is 2.77. The molecule has 70 valence electrons. The second kappa shape index (κ2) is 4.35. The number of ether oxygens (including phenoxy) is 1. The molecule has 0 fully saturated rings. The number of carbonyl (C=O) groups excluding carboxylic acids is 1. The summed E-state index contributed by atoms with van der Waals surface area (Å²) < 4.78 is 4.56. The predicted molar refractivity (Wildman–Crippen MR) is 50.8 cm³/mol. The molecular weight excluding hydrogens is 213 g/mol. The molecule has 0 aliphatic heterocycles. The van der Waals surface area contributed by atoms with Gasteiger partial charge in [-0.05, 0) is 6.07 Å². The van der Waals surface area contributed by atoms with Crippen molar-refractivity contribution < 1.29 is 9.53 Å². The molecule has 1 aromatic carbocycles. The molecule has 0 radical (unpaired) electrons. The van der Waals surface area contributed by atoms with Gasteiger partial charge in [0.05, 0.1) is 10.0 Å². The van der Waals surface area contributed by atoms with E-state index in [1.165, 1.54) is 0 Å². The molecule has 0 heterocycles. The van der Waals surface area contributed by atoms with Crippen LogP contribution in [0.2, 0.25) is 10.0 Å². The van der Waals surface area contributed by atoms with Crippen molar-refractivity contribution in [2.75, 3.05) is 0 Å². The second-order valence-corrected chi connectivity index (χ2v) is 3.11. The summed E-state index contributed by atoms with van der Waals surface area (Å²) in [6.45, 7) is 0.0364. The summed E-state index contributed by atoms with van der Waals surface area (Å²) in [4.78, 5) is 10.3. The molecule has 3 nitrogen and oxygen atoms in total. The fourth-order valence-electron chi connectivity index (χ4n) is 0.809. The third-order valence-corrected chi connectivity index (χ3v) is 2.26. The number of halogens is 2. The number of benzene rings is 1. The average molecular weight is 220 g/mol. The van der Waals surface area contributed by atoms with E-state index < -0.39 is 6.09 Å². The van der Waals surface area contributed by atoms with Crippen LogP contribution in [0.15, 0.2) is 18.2 Å². The lowest BCUT2D eigenvalue weighted by Crippen LogP contribution is -2.12. The quantitative estimate of drug-likeness (QED) is 0.832. The van der Waals surface area contributed by atoms with Crippen LogP contribution in [0.5, 0.6) is 0 Å². The maximum atomic E-state index is 10.3. The monoisotopic (exact) mass is 219 g/mol. The van der Waals surface area contributed by atoms with Gasteiger partial charge in [0.25, 0.3) is 0 Å². The highest BCUT2D eigenvalue weighted by Crippen LogP contribution is 2.25. The van der Waals surface area contributed by atoms with Gasteiger partial charge < -0.3 is 10.5 Å². The van der Waals surface area contributed by atoms with E-state index in [0.717, 1.165) is 0 Å². The zero-order valence-electron chi connectivity index (χ0n) is 6.59. The van der Waals surface area contributed by atoms with Crippen molar-refractivity contribution in [1.82, 2.24) is 0 Å². The first-order valence-electron chi connectivity index (χ1n) is 3.46. The lowest BCUT2D eigenvalue weighted by Gasteiger charge is -2.04. The Hall–Kier alpha value is -0.930. The Bertz CT molecular complexity index is 328. The third kappa shape index (κ3) is 2.79. The summed E-state index contributed by atoms with van der Waals surface area (Å²) in [7, 11) is 0. The second-order valence-electron chi connectivity index (χ2n) is 2.32. The van der Waals surface area contributed by atoms with Crippen LogP contribution >= 0.6 is 23.2 Å². The fourth-order valence-corrected chi connectivity index (χ4v) is 1.18. The molecule has 0 aliphatic carbocycles. The average Bonchev–Trinajstić information content (AvgIpc) is 2.07. The minimum absolute atomic E-state index is 0.0364. The van der Waals surface area contributed by atoms with Gasteiger partial charge in [0, 0.05) is 5.56 Å². The molecular formula is C8H7Cl2NO2. The number of hydrogen-bond donors (Lipinski definition) is 1. The van der Waals surface area contributed by atoms with E-state index in [1.54, 1.807) is 18.2 Å². The van der Waals surface area contributed by atoms with Crippen molar-refractivity contribution in [2.24, 2.45) is 5.73 Å². The van der Waals surface area contributed by atoms with Gasteiger partial charge in [0.15, 0.2) is 0 Å². The Morgan fingerprint density at radius 2 is 2.15 bits per heavy atom. The SMILES string of the molecule is NC(=O)OCc1cccc(Cl)c1Cl. The third-order valence-electron chi connectivity index (χ3n) is 1.40. The van der Waals surface area contributed by atoms with Crippen molar-refractivity contribution in [2.45, 2.75) is 6.61 Å². The molecule has 0 saturated carbocycles. The van der Waals surface area contributed by atoms with E-state index in [9.17, 15) is 4.79 Å². The van der Waals surface area contributed by atoms with Crippen LogP contribution < -0.4 is 5.73 Å². The predicted octanol–water partition coefficient (Wildman–Crippen LogP) is 2.59. The molecule has 0 saturated heterocycles. The van der Waals surface area contributed by atoms with Crippen LogP contribution in [0.1, 0.15) is 5.56 Å². The normalized spacial score (nSPS) is 9.69. The topological polar surface area (TPSA) is 52.3 Å². The van der Waals surface area contributed by atoms with Crippen LogP contribution in [0, 0.1) is 0 Å². The van der Waals surface area contributed by atoms with Gasteiger partial charge in [-0.15, -0.1) is 0 Å². The van der Waals surface area contributed by atoms with Crippen molar-refractivity contribution in [1.29, 1.82) is 0 Å². The summed E-state index contributed by atoms with van der Waals surface area (Å²) in [5.41, 5.74) is 5.42. The summed E-state index contributed by atoms with van der Waals surface area (Å²) in [5.74, 6) is 0. The number of hydrogen-bond acceptors (Lipinski definition) is 2. The van der Waals surface area contributed by atoms with Gasteiger partial charge in [-0.1, -0.05) is 35.3 Å². The molecule has 0 bridgehead atoms. The molecule has 0 aromatic heterocycles. The van der Waals surface area contributed by atoms with Crippen molar-refractivity contribution in [3.8, 4) is 0 Å². The Labute approximate surface area is 85.4 Å². The van der Waals surface area contributed by atoms with Gasteiger partial charge >= 0.3 is 6.09 Å². The molecule has 2 N–H and O–H groups in total. The van der Waals surface area contributed by atoms with E-state index in [2.05, 4.69) is 4.74 Å². The highest BCUT2D eigenvalue weighted by atomic mass is 35.5. The molecule has 0 atom stereocenters. The Morgan fingerprint density at radius 3 is 2.77 bits per heavy atom. The van der Waals surface area contributed by atoms with E-state index in [0.29, 0.717) is 15.6 Å². The van der Waals surface area contributed by atoms with Crippen molar-refractivity contribution in [3.05, 3.63) is 33.8 Å². The largest absolute Gasteiger partial charge is 0.445 e. The van der Waals surface area contributed by atoms with Crippen molar-refractivity contribution in [3.63, 3.8) is 0 Å². The standard InChI is InChI=1S/C8H7Cl2NO2/c9-6-3-1-2-5(7(6)10)4-13-8(11)12/h1-3H,4H2,(H2,11,12). The smallest absolute Gasteiger partial charge is 0.404 e. The summed E-state index contributed by atoms with van der Waals surface area (Å²) >= 11 is 11.5. The van der Waals surface area contributed by atoms with Crippen molar-refractivity contribution >= 4 is 29.3 Å². The van der Waals surface area contributed by atoms with Gasteiger partial charge in [0.1, 0.15) is 6.61 Å². The van der Waals surface area contributed by atoms with Crippen LogP contribution in [-0.2, 0) is 11.3 Å². The van der Waals surface area contributed by atoms with Gasteiger partial charge in [-0.3, -0.25) is 0 Å². The first kappa shape index (κ1) is 10.2. The van der Waals surface area contributed by atoms with Gasteiger partial charge in [-0.25, -0.2) is 4.79 Å². The highest BCUT2D eigenvalue weighted by molar-refractivity contribution is 6.42. The summed E-state index contributed by atoms with van der Waals surface area (Å²) in [6, 6.07) is 5.07. The molecule has 0 spiro atoms. The van der Waals surface area contributed by atoms with Gasteiger partial charge in [0.2, 0.25) is 0 Å². The lowest BCUT2D eigenvalue weighted by molar-refractivity contribution is 0.150. The Morgan fingerprint density at radius 1 is 1.46 bits per heavy atom. The Kier molecular flexibility index (Phi) is 3.39. The number of nitrogens with two attached hydrogens (primary N) is 1. The molecule has 0 aliphatic rings. The summed E-state index contributed by atoms with van der Waals surface area (Å²) in [6.07, 6.45) is -0.837. The first-order valence-corrected chi connectivity index (χ1v) is 4.22. The highest BCUT2D eigenvalue weighted by Gasteiger charge is 2.05. The van der Waals surface area contributed by atoms with Crippen LogP contribution in [0.4, 0.5) is 4.79 Å². The summed E-state index contributed by atoms with van der Waals surface area (Å²) in [5, 5.41) is 0.803. The molecule has 1 amide bonds. The van der Waals surface area contributed by atoms with Crippen LogP contribution in [-0.4, -0.2) is 6.09 Å². The maximum Gasteiger partial charge on any atom is 0.404 e. The number of amides is 1. The van der Waals surface area contributed by atoms with E-state index in [-0.39, 0.29) is 6.61 Å². The number of carbonyl (C=O) groups is 1. The van der Waals surface area contributed by atoms with Crippen LogP contribution in [0.25, 0.3) is 0 Å². The minimum atomic E-state index is -0.837. The van der Waals surface area contributed by atoms with E-state index in [1.807, 2.05) is 0 Å². The molecule has 1 rings (SSSR count). The fraction of sp³-hybridized carbons (Fsp3) is 0.125. The van der Waals surface area contributed by atoms with Gasteiger partial charge in [-0.2, -0.15) is 0 Å².